The first kappa shape index (κ1) is 20.1. The SMILES string of the molecule is N#Cc1c(NCc2ccc(Cl)cc2)nc2ccccc2c1N1CCC(N2CCCC2)C1. The van der Waals surface area contributed by atoms with Crippen LogP contribution in [0.1, 0.15) is 30.4 Å². The fraction of sp³-hybridized carbons (Fsp3) is 0.360. The van der Waals surface area contributed by atoms with Crippen molar-refractivity contribution in [1.29, 1.82) is 5.26 Å². The van der Waals surface area contributed by atoms with Crippen LogP contribution in [-0.2, 0) is 6.54 Å². The summed E-state index contributed by atoms with van der Waals surface area (Å²) in [6.07, 6.45) is 3.75. The number of aromatic nitrogens is 1. The standard InChI is InChI=1S/C25H26ClN5/c26-19-9-7-18(8-10-19)16-28-25-22(15-27)24(21-5-1-2-6-23(21)29-25)31-14-11-20(17-31)30-12-3-4-13-30/h1-2,5-10,20H,3-4,11-14,16-17H2,(H,28,29). The van der Waals surface area contributed by atoms with E-state index in [1.165, 1.54) is 25.9 Å². The van der Waals surface area contributed by atoms with Crippen molar-refractivity contribution in [3.05, 3.63) is 64.7 Å². The van der Waals surface area contributed by atoms with Gasteiger partial charge in [-0.1, -0.05) is 41.9 Å². The number of benzene rings is 2. The zero-order valence-electron chi connectivity index (χ0n) is 17.5. The summed E-state index contributed by atoms with van der Waals surface area (Å²) in [7, 11) is 0. The molecule has 1 unspecified atom stereocenters. The van der Waals surface area contributed by atoms with Crippen LogP contribution in [0.4, 0.5) is 11.5 Å². The summed E-state index contributed by atoms with van der Waals surface area (Å²) in [6, 6.07) is 18.9. The second kappa shape index (κ2) is 8.74. The minimum Gasteiger partial charge on any atom is -0.368 e. The number of fused-ring (bicyclic) bond motifs is 1. The highest BCUT2D eigenvalue weighted by Gasteiger charge is 2.32. The average molecular weight is 432 g/mol. The summed E-state index contributed by atoms with van der Waals surface area (Å²) in [5, 5.41) is 15.3. The molecule has 1 N–H and O–H groups in total. The molecule has 6 heteroatoms. The zero-order valence-corrected chi connectivity index (χ0v) is 18.3. The number of anilines is 2. The van der Waals surface area contributed by atoms with Gasteiger partial charge >= 0.3 is 0 Å². The highest BCUT2D eigenvalue weighted by atomic mass is 35.5. The fourth-order valence-electron chi connectivity index (χ4n) is 4.89. The van der Waals surface area contributed by atoms with Crippen molar-refractivity contribution in [2.24, 2.45) is 0 Å². The molecule has 158 valence electrons. The van der Waals surface area contributed by atoms with E-state index in [-0.39, 0.29) is 0 Å². The van der Waals surface area contributed by atoms with Crippen LogP contribution in [0.25, 0.3) is 10.9 Å². The number of likely N-dealkylation sites (tertiary alicyclic amines) is 1. The minimum atomic E-state index is 0.575. The van der Waals surface area contributed by atoms with Crippen molar-refractivity contribution in [3.8, 4) is 6.07 Å². The summed E-state index contributed by atoms with van der Waals surface area (Å²) in [6.45, 7) is 4.94. The largest absolute Gasteiger partial charge is 0.368 e. The molecule has 2 fully saturated rings. The third-order valence-electron chi connectivity index (χ3n) is 6.49. The molecule has 3 heterocycles. The van der Waals surface area contributed by atoms with Gasteiger partial charge in [-0.05, 0) is 56.1 Å². The molecule has 0 aliphatic carbocycles. The fourth-order valence-corrected chi connectivity index (χ4v) is 5.02. The molecule has 0 spiro atoms. The van der Waals surface area contributed by atoms with Gasteiger partial charge in [0.25, 0.3) is 0 Å². The van der Waals surface area contributed by atoms with Gasteiger partial charge in [0.15, 0.2) is 0 Å². The van der Waals surface area contributed by atoms with Gasteiger partial charge in [0.1, 0.15) is 17.5 Å². The molecule has 1 atom stereocenters. The van der Waals surface area contributed by atoms with Gasteiger partial charge in [-0.3, -0.25) is 4.90 Å². The monoisotopic (exact) mass is 431 g/mol. The maximum Gasteiger partial charge on any atom is 0.147 e. The van der Waals surface area contributed by atoms with Crippen molar-refractivity contribution >= 4 is 34.0 Å². The maximum atomic E-state index is 10.1. The van der Waals surface area contributed by atoms with Crippen LogP contribution >= 0.6 is 11.6 Å². The first-order valence-corrected chi connectivity index (χ1v) is 11.4. The van der Waals surface area contributed by atoms with E-state index in [0.29, 0.717) is 29.0 Å². The Balaban J connectivity index is 1.49. The van der Waals surface area contributed by atoms with Gasteiger partial charge in [-0.2, -0.15) is 5.26 Å². The lowest BCUT2D eigenvalue weighted by Gasteiger charge is -2.26. The molecule has 5 rings (SSSR count). The Morgan fingerprint density at radius 1 is 1.06 bits per heavy atom. The average Bonchev–Trinajstić information content (AvgIpc) is 3.49. The van der Waals surface area contributed by atoms with Gasteiger partial charge < -0.3 is 10.2 Å². The van der Waals surface area contributed by atoms with Crippen LogP contribution in [0.3, 0.4) is 0 Å². The van der Waals surface area contributed by atoms with Crippen molar-refractivity contribution in [3.63, 3.8) is 0 Å². The molecule has 2 aliphatic rings. The number of hydrogen-bond acceptors (Lipinski definition) is 5. The molecule has 31 heavy (non-hydrogen) atoms. The molecule has 2 saturated heterocycles. The third kappa shape index (κ3) is 4.06. The van der Waals surface area contributed by atoms with E-state index in [2.05, 4.69) is 27.3 Å². The lowest BCUT2D eigenvalue weighted by molar-refractivity contribution is 0.260. The molecule has 2 aliphatic heterocycles. The van der Waals surface area contributed by atoms with E-state index < -0.39 is 0 Å². The van der Waals surface area contributed by atoms with Crippen LogP contribution in [0, 0.1) is 11.3 Å². The van der Waals surface area contributed by atoms with Crippen molar-refractivity contribution < 1.29 is 0 Å². The second-order valence-corrected chi connectivity index (χ2v) is 8.86. The lowest BCUT2D eigenvalue weighted by atomic mass is 10.1. The van der Waals surface area contributed by atoms with E-state index in [1.54, 1.807) is 0 Å². The lowest BCUT2D eigenvalue weighted by Crippen LogP contribution is -2.35. The van der Waals surface area contributed by atoms with Crippen LogP contribution < -0.4 is 10.2 Å². The first-order chi connectivity index (χ1) is 15.2. The smallest absolute Gasteiger partial charge is 0.147 e. The van der Waals surface area contributed by atoms with Gasteiger partial charge in [0, 0.05) is 36.1 Å². The summed E-state index contributed by atoms with van der Waals surface area (Å²) in [5.74, 6) is 0.649. The molecular formula is C25H26ClN5. The number of hydrogen-bond donors (Lipinski definition) is 1. The predicted molar refractivity (Wildman–Crippen MR) is 127 cm³/mol. The molecule has 0 saturated carbocycles. The van der Waals surface area contributed by atoms with E-state index in [9.17, 15) is 5.26 Å². The molecule has 5 nitrogen and oxygen atoms in total. The van der Waals surface area contributed by atoms with E-state index in [4.69, 9.17) is 16.6 Å². The normalized spacial score (nSPS) is 19.1. The summed E-state index contributed by atoms with van der Waals surface area (Å²) in [5.41, 5.74) is 3.67. The molecular weight excluding hydrogens is 406 g/mol. The van der Waals surface area contributed by atoms with Gasteiger partial charge in [0.2, 0.25) is 0 Å². The first-order valence-electron chi connectivity index (χ1n) is 11.0. The van der Waals surface area contributed by atoms with Crippen molar-refractivity contribution in [1.82, 2.24) is 9.88 Å². The molecule has 3 aromatic rings. The number of nitrogens with zero attached hydrogens (tertiary/aromatic N) is 4. The molecule has 0 radical (unpaired) electrons. The Kier molecular flexibility index (Phi) is 5.67. The second-order valence-electron chi connectivity index (χ2n) is 8.42. The Morgan fingerprint density at radius 3 is 2.61 bits per heavy atom. The van der Waals surface area contributed by atoms with E-state index >= 15 is 0 Å². The van der Waals surface area contributed by atoms with Crippen LogP contribution in [0.2, 0.25) is 5.02 Å². The van der Waals surface area contributed by atoms with Crippen LogP contribution in [0.5, 0.6) is 0 Å². The number of rotatable bonds is 5. The number of nitriles is 1. The maximum absolute atomic E-state index is 10.1. The Labute approximate surface area is 188 Å². The van der Waals surface area contributed by atoms with Crippen molar-refractivity contribution in [2.45, 2.75) is 31.8 Å². The Hall–Kier alpha value is -2.81. The van der Waals surface area contributed by atoms with Crippen LogP contribution in [0.15, 0.2) is 48.5 Å². The molecule has 0 amide bonds. The third-order valence-corrected chi connectivity index (χ3v) is 6.74. The zero-order chi connectivity index (χ0) is 21.2. The van der Waals surface area contributed by atoms with Gasteiger partial charge in [-0.25, -0.2) is 4.98 Å². The van der Waals surface area contributed by atoms with E-state index in [1.807, 2.05) is 42.5 Å². The van der Waals surface area contributed by atoms with Gasteiger partial charge in [-0.15, -0.1) is 0 Å². The molecule has 1 aromatic heterocycles. The Morgan fingerprint density at radius 2 is 1.84 bits per heavy atom. The molecule has 0 bridgehead atoms. The number of nitrogens with one attached hydrogen (secondary N) is 1. The van der Waals surface area contributed by atoms with Crippen LogP contribution in [-0.4, -0.2) is 42.1 Å². The number of pyridine rings is 1. The Bertz CT molecular complexity index is 1120. The number of halogens is 1. The molecule has 2 aromatic carbocycles. The predicted octanol–water partition coefficient (Wildman–Crippen LogP) is 5.05. The van der Waals surface area contributed by atoms with Gasteiger partial charge in [0.05, 0.1) is 11.2 Å². The highest BCUT2D eigenvalue weighted by molar-refractivity contribution is 6.30. The topological polar surface area (TPSA) is 55.2 Å². The quantitative estimate of drug-likeness (QED) is 0.612. The van der Waals surface area contributed by atoms with Crippen molar-refractivity contribution in [2.75, 3.05) is 36.4 Å². The number of para-hydroxylation sites is 1. The highest BCUT2D eigenvalue weighted by Crippen LogP contribution is 2.37. The minimum absolute atomic E-state index is 0.575. The van der Waals surface area contributed by atoms with E-state index in [0.717, 1.165) is 41.7 Å². The summed E-state index contributed by atoms with van der Waals surface area (Å²) in [4.78, 5) is 9.83. The summed E-state index contributed by atoms with van der Waals surface area (Å²) >= 11 is 6.01. The summed E-state index contributed by atoms with van der Waals surface area (Å²) < 4.78 is 0.